The molecule has 0 aliphatic heterocycles. The fraction of sp³-hybridized carbons (Fsp3) is 0.200. The number of hydrogen-bond donors (Lipinski definition) is 1. The van der Waals surface area contributed by atoms with Gasteiger partial charge in [-0.1, -0.05) is 42.5 Å². The van der Waals surface area contributed by atoms with Crippen LogP contribution in [-0.2, 0) is 18.0 Å². The molecule has 3 nitrogen and oxygen atoms in total. The summed E-state index contributed by atoms with van der Waals surface area (Å²) in [5.74, 6) is 0.736. The van der Waals surface area contributed by atoms with Gasteiger partial charge in [-0.2, -0.15) is 0 Å². The molecular formula is C15H16O3. The summed E-state index contributed by atoms with van der Waals surface area (Å²) in [4.78, 5) is 0. The van der Waals surface area contributed by atoms with Crippen molar-refractivity contribution < 1.29 is 14.6 Å². The van der Waals surface area contributed by atoms with Gasteiger partial charge in [0.1, 0.15) is 5.75 Å². The standard InChI is InChI=1S/C15H16O3/c16-10-13-6-8-15(9-7-13)18-12-17-11-14-4-2-1-3-5-14/h1-9,16H,10-12H2. The third kappa shape index (κ3) is 3.87. The van der Waals surface area contributed by atoms with E-state index in [-0.39, 0.29) is 13.4 Å². The van der Waals surface area contributed by atoms with Crippen molar-refractivity contribution in [1.29, 1.82) is 0 Å². The summed E-state index contributed by atoms with van der Waals surface area (Å²) in [7, 11) is 0. The molecule has 0 spiro atoms. The number of rotatable bonds is 6. The molecule has 0 bridgehead atoms. The van der Waals surface area contributed by atoms with Crippen molar-refractivity contribution in [2.75, 3.05) is 6.79 Å². The molecule has 3 heteroatoms. The predicted octanol–water partition coefficient (Wildman–Crippen LogP) is 2.73. The lowest BCUT2D eigenvalue weighted by molar-refractivity contribution is 0.00503. The Morgan fingerprint density at radius 3 is 2.22 bits per heavy atom. The maximum Gasteiger partial charge on any atom is 0.189 e. The molecule has 2 aromatic carbocycles. The van der Waals surface area contributed by atoms with Crippen molar-refractivity contribution in [3.8, 4) is 5.75 Å². The van der Waals surface area contributed by atoms with Gasteiger partial charge >= 0.3 is 0 Å². The highest BCUT2D eigenvalue weighted by molar-refractivity contribution is 5.26. The minimum Gasteiger partial charge on any atom is -0.468 e. The Morgan fingerprint density at radius 2 is 1.56 bits per heavy atom. The number of hydrogen-bond acceptors (Lipinski definition) is 3. The third-order valence-corrected chi connectivity index (χ3v) is 2.53. The Morgan fingerprint density at radius 1 is 0.833 bits per heavy atom. The third-order valence-electron chi connectivity index (χ3n) is 2.53. The quantitative estimate of drug-likeness (QED) is 0.627. The number of aliphatic hydroxyl groups excluding tert-OH is 1. The van der Waals surface area contributed by atoms with Crippen molar-refractivity contribution in [2.24, 2.45) is 0 Å². The first kappa shape index (κ1) is 12.6. The van der Waals surface area contributed by atoms with Gasteiger partial charge in [0.25, 0.3) is 0 Å². The summed E-state index contributed by atoms with van der Waals surface area (Å²) >= 11 is 0. The lowest BCUT2D eigenvalue weighted by Gasteiger charge is -2.07. The van der Waals surface area contributed by atoms with Gasteiger partial charge in [-0.3, -0.25) is 0 Å². The van der Waals surface area contributed by atoms with E-state index in [4.69, 9.17) is 14.6 Å². The molecule has 0 saturated carbocycles. The second-order valence-corrected chi connectivity index (χ2v) is 3.90. The van der Waals surface area contributed by atoms with E-state index in [0.717, 1.165) is 16.9 Å². The summed E-state index contributed by atoms with van der Waals surface area (Å²) in [6.45, 7) is 0.799. The zero-order chi connectivity index (χ0) is 12.6. The maximum atomic E-state index is 8.90. The highest BCUT2D eigenvalue weighted by atomic mass is 16.7. The van der Waals surface area contributed by atoms with Gasteiger partial charge in [0.15, 0.2) is 6.79 Å². The molecule has 0 fully saturated rings. The Labute approximate surface area is 107 Å². The molecule has 0 radical (unpaired) electrons. The zero-order valence-electron chi connectivity index (χ0n) is 10.1. The molecular weight excluding hydrogens is 228 g/mol. The Balaban J connectivity index is 1.72. The second-order valence-electron chi connectivity index (χ2n) is 3.90. The number of aliphatic hydroxyl groups is 1. The maximum absolute atomic E-state index is 8.90. The van der Waals surface area contributed by atoms with E-state index >= 15 is 0 Å². The summed E-state index contributed by atoms with van der Waals surface area (Å²) in [5.41, 5.74) is 1.99. The summed E-state index contributed by atoms with van der Waals surface area (Å²) in [5, 5.41) is 8.90. The van der Waals surface area contributed by atoms with Crippen LogP contribution in [0.3, 0.4) is 0 Å². The number of benzene rings is 2. The molecule has 0 aliphatic carbocycles. The molecule has 0 saturated heterocycles. The smallest absolute Gasteiger partial charge is 0.189 e. The van der Waals surface area contributed by atoms with Crippen LogP contribution in [0.2, 0.25) is 0 Å². The first-order valence-electron chi connectivity index (χ1n) is 5.83. The van der Waals surface area contributed by atoms with Crippen LogP contribution in [-0.4, -0.2) is 11.9 Å². The molecule has 18 heavy (non-hydrogen) atoms. The molecule has 0 atom stereocenters. The molecule has 94 valence electrons. The number of ether oxygens (including phenoxy) is 2. The first-order valence-corrected chi connectivity index (χ1v) is 5.83. The lowest BCUT2D eigenvalue weighted by atomic mass is 10.2. The Kier molecular flexibility index (Phi) is 4.76. The minimum atomic E-state index is 0.0464. The van der Waals surface area contributed by atoms with Crippen LogP contribution in [0.5, 0.6) is 5.75 Å². The second kappa shape index (κ2) is 6.79. The van der Waals surface area contributed by atoms with E-state index in [9.17, 15) is 0 Å². The molecule has 0 amide bonds. The summed E-state index contributed by atoms with van der Waals surface area (Å²) in [6, 6.07) is 17.2. The van der Waals surface area contributed by atoms with Gasteiger partial charge in [-0.15, -0.1) is 0 Å². The van der Waals surface area contributed by atoms with Crippen LogP contribution in [0.4, 0.5) is 0 Å². The fourth-order valence-corrected chi connectivity index (χ4v) is 1.53. The van der Waals surface area contributed by atoms with Crippen molar-refractivity contribution in [3.63, 3.8) is 0 Å². The molecule has 2 rings (SSSR count). The van der Waals surface area contributed by atoms with Gasteiger partial charge < -0.3 is 14.6 Å². The van der Waals surface area contributed by atoms with Crippen molar-refractivity contribution in [3.05, 3.63) is 65.7 Å². The molecule has 1 N–H and O–H groups in total. The average molecular weight is 244 g/mol. The van der Waals surface area contributed by atoms with E-state index in [0.29, 0.717) is 6.61 Å². The van der Waals surface area contributed by atoms with E-state index in [1.165, 1.54) is 0 Å². The molecule has 0 aromatic heterocycles. The van der Waals surface area contributed by atoms with Gasteiger partial charge in [-0.25, -0.2) is 0 Å². The van der Waals surface area contributed by atoms with Crippen molar-refractivity contribution in [1.82, 2.24) is 0 Å². The van der Waals surface area contributed by atoms with Gasteiger partial charge in [0.05, 0.1) is 13.2 Å². The van der Waals surface area contributed by atoms with Crippen LogP contribution in [0, 0.1) is 0 Å². The molecule has 0 heterocycles. The largest absolute Gasteiger partial charge is 0.468 e. The average Bonchev–Trinajstić information content (AvgIpc) is 2.45. The monoisotopic (exact) mass is 244 g/mol. The Hall–Kier alpha value is -1.84. The minimum absolute atomic E-state index is 0.0464. The van der Waals surface area contributed by atoms with E-state index in [1.54, 1.807) is 0 Å². The molecule has 2 aromatic rings. The van der Waals surface area contributed by atoms with Crippen LogP contribution in [0.1, 0.15) is 11.1 Å². The first-order chi connectivity index (χ1) is 8.88. The molecule has 0 unspecified atom stereocenters. The zero-order valence-corrected chi connectivity index (χ0v) is 10.1. The van der Waals surface area contributed by atoms with Crippen LogP contribution < -0.4 is 4.74 Å². The van der Waals surface area contributed by atoms with E-state index in [1.807, 2.05) is 54.6 Å². The van der Waals surface area contributed by atoms with Gasteiger partial charge in [0, 0.05) is 0 Å². The molecule has 0 aliphatic rings. The highest BCUT2D eigenvalue weighted by Gasteiger charge is 1.95. The van der Waals surface area contributed by atoms with Crippen molar-refractivity contribution >= 4 is 0 Å². The topological polar surface area (TPSA) is 38.7 Å². The van der Waals surface area contributed by atoms with Crippen LogP contribution >= 0.6 is 0 Å². The van der Waals surface area contributed by atoms with Crippen LogP contribution in [0.25, 0.3) is 0 Å². The highest BCUT2D eigenvalue weighted by Crippen LogP contribution is 2.12. The van der Waals surface area contributed by atoms with Gasteiger partial charge in [-0.05, 0) is 23.3 Å². The van der Waals surface area contributed by atoms with E-state index < -0.39 is 0 Å². The SMILES string of the molecule is OCc1ccc(OCOCc2ccccc2)cc1. The van der Waals surface area contributed by atoms with Crippen LogP contribution in [0.15, 0.2) is 54.6 Å². The van der Waals surface area contributed by atoms with Crippen molar-refractivity contribution in [2.45, 2.75) is 13.2 Å². The summed E-state index contributed by atoms with van der Waals surface area (Å²) in [6.07, 6.45) is 0. The lowest BCUT2D eigenvalue weighted by Crippen LogP contribution is -2.02. The summed E-state index contributed by atoms with van der Waals surface area (Å²) < 4.78 is 10.8. The van der Waals surface area contributed by atoms with Gasteiger partial charge in [0.2, 0.25) is 0 Å². The van der Waals surface area contributed by atoms with E-state index in [2.05, 4.69) is 0 Å². The predicted molar refractivity (Wildman–Crippen MR) is 69.1 cm³/mol. The Bertz CT molecular complexity index is 451. The fourth-order valence-electron chi connectivity index (χ4n) is 1.53. The normalized spacial score (nSPS) is 10.3.